The summed E-state index contributed by atoms with van der Waals surface area (Å²) in [6.07, 6.45) is 0. The lowest BCUT2D eigenvalue weighted by molar-refractivity contribution is 1.43. The maximum Gasteiger partial charge on any atom is 0.0247 e. The Morgan fingerprint density at radius 3 is 2.27 bits per heavy atom. The molecule has 0 N–H and O–H groups in total. The zero-order valence-electron chi connectivity index (χ0n) is 6.60. The van der Waals surface area contributed by atoms with Crippen LogP contribution in [0.5, 0.6) is 0 Å². The van der Waals surface area contributed by atoms with Crippen LogP contribution < -0.4 is 0 Å². The zero-order chi connectivity index (χ0) is 8.27. The van der Waals surface area contributed by atoms with Crippen molar-refractivity contribution in [2.24, 2.45) is 0 Å². The van der Waals surface area contributed by atoms with Gasteiger partial charge in [-0.3, -0.25) is 0 Å². The number of hydrogen-bond donors (Lipinski definition) is 0. The van der Waals surface area contributed by atoms with Crippen LogP contribution in [0.2, 0.25) is 0 Å². The minimum Gasteiger partial charge on any atom is -0.0955 e. The van der Waals surface area contributed by atoms with E-state index in [9.17, 15) is 0 Å². The zero-order valence-corrected chi connectivity index (χ0v) is 8.76. The summed E-state index contributed by atoms with van der Waals surface area (Å²) in [7, 11) is 0. The van der Waals surface area contributed by atoms with E-state index in [-0.39, 0.29) is 0 Å². The molecular formula is C10H11I. The topological polar surface area (TPSA) is 0 Å². The summed E-state index contributed by atoms with van der Waals surface area (Å²) in [6.45, 7) is 5.91. The fourth-order valence-electron chi connectivity index (χ4n) is 0.878. The SMILES string of the molecule is C=C(C)c1ccc(CI)cc1. The summed E-state index contributed by atoms with van der Waals surface area (Å²) in [5.74, 6) is 0. The maximum absolute atomic E-state index is 3.88. The van der Waals surface area contributed by atoms with Crippen LogP contribution in [0.15, 0.2) is 30.8 Å². The number of hydrogen-bond acceptors (Lipinski definition) is 0. The summed E-state index contributed by atoms with van der Waals surface area (Å²) in [4.78, 5) is 0. The lowest BCUT2D eigenvalue weighted by Gasteiger charge is -1.99. The minimum atomic E-state index is 1.08. The van der Waals surface area contributed by atoms with Gasteiger partial charge in [0.25, 0.3) is 0 Å². The second kappa shape index (κ2) is 3.90. The second-order valence-corrected chi connectivity index (χ2v) is 3.37. The molecule has 0 nitrogen and oxygen atoms in total. The molecule has 1 aromatic carbocycles. The van der Waals surface area contributed by atoms with E-state index in [1.807, 2.05) is 6.92 Å². The lowest BCUT2D eigenvalue weighted by atomic mass is 10.1. The van der Waals surface area contributed by atoms with Crippen molar-refractivity contribution in [1.82, 2.24) is 0 Å². The third-order valence-corrected chi connectivity index (χ3v) is 2.48. The number of benzene rings is 1. The Morgan fingerprint density at radius 2 is 1.91 bits per heavy atom. The van der Waals surface area contributed by atoms with Crippen LogP contribution in [-0.2, 0) is 4.43 Å². The monoisotopic (exact) mass is 258 g/mol. The smallest absolute Gasteiger partial charge is 0.0247 e. The van der Waals surface area contributed by atoms with Crippen LogP contribution in [0.4, 0.5) is 0 Å². The van der Waals surface area contributed by atoms with Crippen molar-refractivity contribution in [3.63, 3.8) is 0 Å². The third kappa shape index (κ3) is 2.33. The van der Waals surface area contributed by atoms with Crippen molar-refractivity contribution in [2.75, 3.05) is 0 Å². The molecule has 0 saturated heterocycles. The van der Waals surface area contributed by atoms with E-state index in [2.05, 4.69) is 53.4 Å². The molecule has 0 atom stereocenters. The van der Waals surface area contributed by atoms with Crippen LogP contribution in [0.3, 0.4) is 0 Å². The van der Waals surface area contributed by atoms with Crippen LogP contribution in [0.1, 0.15) is 18.1 Å². The van der Waals surface area contributed by atoms with E-state index >= 15 is 0 Å². The van der Waals surface area contributed by atoms with E-state index in [1.54, 1.807) is 0 Å². The normalized spacial score (nSPS) is 9.64. The molecule has 0 heterocycles. The van der Waals surface area contributed by atoms with E-state index in [1.165, 1.54) is 11.1 Å². The molecular weight excluding hydrogens is 247 g/mol. The van der Waals surface area contributed by atoms with Gasteiger partial charge in [-0.1, -0.05) is 59.0 Å². The molecule has 0 aliphatic rings. The average Bonchev–Trinajstić information content (AvgIpc) is 2.05. The molecule has 0 aromatic heterocycles. The highest BCUT2D eigenvalue weighted by Gasteiger charge is 1.92. The van der Waals surface area contributed by atoms with Crippen molar-refractivity contribution >= 4 is 28.2 Å². The Balaban J connectivity index is 2.91. The number of allylic oxidation sites excluding steroid dienone is 1. The molecule has 0 fully saturated rings. The van der Waals surface area contributed by atoms with Gasteiger partial charge in [0.2, 0.25) is 0 Å². The molecule has 0 radical (unpaired) electrons. The lowest BCUT2D eigenvalue weighted by Crippen LogP contribution is -1.79. The molecule has 0 spiro atoms. The molecule has 1 heteroatoms. The molecule has 0 aliphatic carbocycles. The van der Waals surface area contributed by atoms with Crippen molar-refractivity contribution in [3.05, 3.63) is 42.0 Å². The van der Waals surface area contributed by atoms with Crippen molar-refractivity contribution < 1.29 is 0 Å². The largest absolute Gasteiger partial charge is 0.0955 e. The Bertz CT molecular complexity index is 246. The van der Waals surface area contributed by atoms with E-state index < -0.39 is 0 Å². The summed E-state index contributed by atoms with van der Waals surface area (Å²) < 4.78 is 1.08. The first-order valence-electron chi connectivity index (χ1n) is 3.55. The second-order valence-electron chi connectivity index (χ2n) is 2.61. The minimum absolute atomic E-state index is 1.08. The molecule has 0 bridgehead atoms. The fourth-order valence-corrected chi connectivity index (χ4v) is 1.39. The molecule has 0 unspecified atom stereocenters. The Kier molecular flexibility index (Phi) is 3.12. The van der Waals surface area contributed by atoms with Gasteiger partial charge in [-0.25, -0.2) is 0 Å². The number of halogens is 1. The third-order valence-electron chi connectivity index (χ3n) is 1.60. The van der Waals surface area contributed by atoms with Crippen LogP contribution in [0, 0.1) is 0 Å². The molecule has 11 heavy (non-hydrogen) atoms. The van der Waals surface area contributed by atoms with Gasteiger partial charge < -0.3 is 0 Å². The van der Waals surface area contributed by atoms with Gasteiger partial charge in [-0.15, -0.1) is 0 Å². The Hall–Kier alpha value is -0.310. The van der Waals surface area contributed by atoms with Gasteiger partial charge in [0.1, 0.15) is 0 Å². The van der Waals surface area contributed by atoms with Gasteiger partial charge >= 0.3 is 0 Å². The predicted octanol–water partition coefficient (Wildman–Crippen LogP) is 3.65. The quantitative estimate of drug-likeness (QED) is 0.561. The number of rotatable bonds is 2. The standard InChI is InChI=1S/C10H11I/c1-8(2)10-5-3-9(7-11)4-6-10/h3-6H,1,7H2,2H3. The van der Waals surface area contributed by atoms with E-state index in [4.69, 9.17) is 0 Å². The molecule has 0 saturated carbocycles. The van der Waals surface area contributed by atoms with Gasteiger partial charge in [0.05, 0.1) is 0 Å². The first-order chi connectivity index (χ1) is 5.24. The van der Waals surface area contributed by atoms with Crippen LogP contribution in [-0.4, -0.2) is 0 Å². The van der Waals surface area contributed by atoms with Crippen molar-refractivity contribution in [3.8, 4) is 0 Å². The maximum atomic E-state index is 3.88. The number of alkyl halides is 1. The van der Waals surface area contributed by atoms with E-state index in [0.29, 0.717) is 0 Å². The molecule has 0 amide bonds. The highest BCUT2D eigenvalue weighted by Crippen LogP contribution is 2.13. The fraction of sp³-hybridized carbons (Fsp3) is 0.200. The highest BCUT2D eigenvalue weighted by molar-refractivity contribution is 14.1. The first kappa shape index (κ1) is 8.78. The first-order valence-corrected chi connectivity index (χ1v) is 5.07. The molecule has 58 valence electrons. The van der Waals surface area contributed by atoms with E-state index in [0.717, 1.165) is 10.0 Å². The molecule has 0 aliphatic heterocycles. The van der Waals surface area contributed by atoms with Gasteiger partial charge in [0, 0.05) is 4.43 Å². The predicted molar refractivity (Wildman–Crippen MR) is 58.9 cm³/mol. The average molecular weight is 258 g/mol. The van der Waals surface area contributed by atoms with Gasteiger partial charge in [-0.05, 0) is 18.1 Å². The van der Waals surface area contributed by atoms with Crippen LogP contribution in [0.25, 0.3) is 5.57 Å². The van der Waals surface area contributed by atoms with Crippen LogP contribution >= 0.6 is 22.6 Å². The Morgan fingerprint density at radius 1 is 1.36 bits per heavy atom. The molecule has 1 rings (SSSR count). The van der Waals surface area contributed by atoms with Crippen molar-refractivity contribution in [2.45, 2.75) is 11.4 Å². The van der Waals surface area contributed by atoms with Crippen molar-refractivity contribution in [1.29, 1.82) is 0 Å². The highest BCUT2D eigenvalue weighted by atomic mass is 127. The summed E-state index contributed by atoms with van der Waals surface area (Å²) in [5.41, 5.74) is 3.74. The Labute approximate surface area is 81.5 Å². The van der Waals surface area contributed by atoms with Gasteiger partial charge in [0.15, 0.2) is 0 Å². The summed E-state index contributed by atoms with van der Waals surface area (Å²) in [6, 6.07) is 8.54. The molecule has 1 aromatic rings. The van der Waals surface area contributed by atoms with Gasteiger partial charge in [-0.2, -0.15) is 0 Å². The summed E-state index contributed by atoms with van der Waals surface area (Å²) in [5, 5.41) is 0. The summed E-state index contributed by atoms with van der Waals surface area (Å²) >= 11 is 2.36.